The molecular formula is C18H17Cl2N2O3+. The maximum absolute atomic E-state index is 12.4. The molecule has 130 valence electrons. The molecule has 0 aliphatic rings. The number of quaternary nitrogens is 1. The highest BCUT2D eigenvalue weighted by Crippen LogP contribution is 2.29. The molecule has 0 fully saturated rings. The lowest BCUT2D eigenvalue weighted by Crippen LogP contribution is -3.10. The number of carbonyl (C=O) groups excluding carboxylic acids is 1. The van der Waals surface area contributed by atoms with Gasteiger partial charge in [-0.05, 0) is 36.4 Å². The van der Waals surface area contributed by atoms with Crippen molar-refractivity contribution in [3.63, 3.8) is 0 Å². The van der Waals surface area contributed by atoms with Crippen molar-refractivity contribution in [1.29, 1.82) is 0 Å². The Labute approximate surface area is 155 Å². The monoisotopic (exact) mass is 379 g/mol. The van der Waals surface area contributed by atoms with E-state index in [0.29, 0.717) is 28.8 Å². The van der Waals surface area contributed by atoms with Crippen molar-refractivity contribution < 1.29 is 18.5 Å². The molecular weight excluding hydrogens is 363 g/mol. The largest absolute Gasteiger partial charge is 0.463 e. The lowest BCUT2D eigenvalue weighted by molar-refractivity contribution is -0.921. The normalized spacial score (nSPS) is 11.0. The summed E-state index contributed by atoms with van der Waals surface area (Å²) in [5.74, 6) is 1.43. The van der Waals surface area contributed by atoms with Crippen LogP contribution in [0, 0.1) is 0 Å². The molecule has 3 rings (SSSR count). The van der Waals surface area contributed by atoms with Crippen LogP contribution in [0.4, 0.5) is 5.69 Å². The zero-order valence-corrected chi connectivity index (χ0v) is 14.8. The van der Waals surface area contributed by atoms with Crippen LogP contribution < -0.4 is 10.2 Å². The number of hydrogen-bond acceptors (Lipinski definition) is 3. The van der Waals surface area contributed by atoms with Gasteiger partial charge in [0.05, 0.1) is 28.3 Å². The highest BCUT2D eigenvalue weighted by Gasteiger charge is 2.19. The fourth-order valence-electron chi connectivity index (χ4n) is 2.53. The Morgan fingerprint density at radius 1 is 0.960 bits per heavy atom. The van der Waals surface area contributed by atoms with Crippen LogP contribution in [0.2, 0.25) is 10.0 Å². The second-order valence-electron chi connectivity index (χ2n) is 5.59. The van der Waals surface area contributed by atoms with Gasteiger partial charge in [-0.15, -0.1) is 0 Å². The Balaban J connectivity index is 1.68. The van der Waals surface area contributed by atoms with Crippen molar-refractivity contribution >= 4 is 34.8 Å². The van der Waals surface area contributed by atoms with Gasteiger partial charge >= 0.3 is 0 Å². The Bertz CT molecular complexity index is 781. The van der Waals surface area contributed by atoms with Crippen LogP contribution in [0.5, 0.6) is 0 Å². The first kappa shape index (κ1) is 17.6. The fraction of sp³-hybridized carbons (Fsp3) is 0.167. The summed E-state index contributed by atoms with van der Waals surface area (Å²) in [5, 5.41) is 3.53. The summed E-state index contributed by atoms with van der Waals surface area (Å²) in [5.41, 5.74) is 0.495. The summed E-state index contributed by atoms with van der Waals surface area (Å²) in [6.07, 6.45) is 3.23. The topological polar surface area (TPSA) is 59.8 Å². The first-order valence-corrected chi connectivity index (χ1v) is 8.49. The maximum Gasteiger partial charge on any atom is 0.279 e. The molecule has 0 unspecified atom stereocenters. The van der Waals surface area contributed by atoms with Crippen LogP contribution in [0.25, 0.3) is 0 Å². The predicted molar refractivity (Wildman–Crippen MR) is 95.7 cm³/mol. The van der Waals surface area contributed by atoms with Crippen LogP contribution in [0.3, 0.4) is 0 Å². The number of rotatable bonds is 7. The van der Waals surface area contributed by atoms with Gasteiger partial charge in [-0.1, -0.05) is 29.3 Å². The third-order valence-electron chi connectivity index (χ3n) is 3.64. The van der Waals surface area contributed by atoms with E-state index >= 15 is 0 Å². The van der Waals surface area contributed by atoms with E-state index in [1.807, 2.05) is 24.3 Å². The number of carbonyl (C=O) groups is 1. The standard InChI is InChI=1S/C18H16Cl2N2O3/c19-15-6-1-7-16(18(15)20)21-17(23)12-22(10-13-4-2-8-24-13)11-14-5-3-9-25-14/h1-9H,10-12H2,(H,21,23)/p+1. The van der Waals surface area contributed by atoms with Crippen LogP contribution in [-0.4, -0.2) is 12.5 Å². The van der Waals surface area contributed by atoms with Crippen LogP contribution in [0.15, 0.2) is 63.8 Å². The van der Waals surface area contributed by atoms with Gasteiger partial charge in [-0.2, -0.15) is 0 Å². The molecule has 1 aromatic carbocycles. The molecule has 0 saturated heterocycles. The first-order chi connectivity index (χ1) is 12.1. The molecule has 7 heteroatoms. The average Bonchev–Trinajstić information content (AvgIpc) is 3.26. The Kier molecular flexibility index (Phi) is 5.81. The number of halogens is 2. The van der Waals surface area contributed by atoms with Crippen molar-refractivity contribution in [3.8, 4) is 0 Å². The van der Waals surface area contributed by atoms with Gasteiger partial charge < -0.3 is 19.1 Å². The highest BCUT2D eigenvalue weighted by molar-refractivity contribution is 6.43. The van der Waals surface area contributed by atoms with E-state index in [0.717, 1.165) is 16.4 Å². The van der Waals surface area contributed by atoms with Crippen LogP contribution in [0.1, 0.15) is 11.5 Å². The molecule has 0 aliphatic heterocycles. The molecule has 3 aromatic rings. The van der Waals surface area contributed by atoms with E-state index < -0.39 is 0 Å². The molecule has 0 radical (unpaired) electrons. The minimum absolute atomic E-state index is 0.169. The Hall–Kier alpha value is -2.21. The molecule has 1 amide bonds. The second kappa shape index (κ2) is 8.25. The third-order valence-corrected chi connectivity index (χ3v) is 4.46. The highest BCUT2D eigenvalue weighted by atomic mass is 35.5. The fourth-order valence-corrected chi connectivity index (χ4v) is 2.88. The summed E-state index contributed by atoms with van der Waals surface area (Å²) in [6.45, 7) is 1.35. The number of hydrogen-bond donors (Lipinski definition) is 2. The van der Waals surface area contributed by atoms with Gasteiger partial charge in [0.15, 0.2) is 18.1 Å². The molecule has 0 spiro atoms. The van der Waals surface area contributed by atoms with E-state index in [-0.39, 0.29) is 12.5 Å². The minimum atomic E-state index is -0.169. The molecule has 0 aliphatic carbocycles. The van der Waals surface area contributed by atoms with Crippen molar-refractivity contribution in [3.05, 3.63) is 76.6 Å². The van der Waals surface area contributed by atoms with E-state index in [9.17, 15) is 4.79 Å². The quantitative estimate of drug-likeness (QED) is 0.661. The number of nitrogens with one attached hydrogen (secondary N) is 2. The van der Waals surface area contributed by atoms with Gasteiger partial charge in [-0.25, -0.2) is 0 Å². The molecule has 2 N–H and O–H groups in total. The number of amides is 1. The summed E-state index contributed by atoms with van der Waals surface area (Å²) in [4.78, 5) is 13.4. The van der Waals surface area contributed by atoms with E-state index in [4.69, 9.17) is 32.0 Å². The van der Waals surface area contributed by atoms with Crippen molar-refractivity contribution in [2.24, 2.45) is 0 Å². The molecule has 2 aromatic heterocycles. The average molecular weight is 380 g/mol. The van der Waals surface area contributed by atoms with Crippen LogP contribution >= 0.6 is 23.2 Å². The summed E-state index contributed by atoms with van der Waals surface area (Å²) < 4.78 is 10.8. The van der Waals surface area contributed by atoms with Gasteiger partial charge in [0, 0.05) is 0 Å². The SMILES string of the molecule is O=C(C[NH+](Cc1ccco1)Cc1ccco1)Nc1cccc(Cl)c1Cl. The Morgan fingerprint density at radius 2 is 1.60 bits per heavy atom. The van der Waals surface area contributed by atoms with Gasteiger partial charge in [0.2, 0.25) is 0 Å². The molecule has 2 heterocycles. The summed E-state index contributed by atoms with van der Waals surface area (Å²) in [6, 6.07) is 12.5. The number of anilines is 1. The Morgan fingerprint density at radius 3 is 2.16 bits per heavy atom. The molecule has 25 heavy (non-hydrogen) atoms. The van der Waals surface area contributed by atoms with Gasteiger partial charge in [0.1, 0.15) is 13.1 Å². The molecule has 5 nitrogen and oxygen atoms in total. The molecule has 0 bridgehead atoms. The predicted octanol–water partition coefficient (Wildman–Crippen LogP) is 3.40. The number of benzene rings is 1. The van der Waals surface area contributed by atoms with Crippen LogP contribution in [-0.2, 0) is 17.9 Å². The van der Waals surface area contributed by atoms with Gasteiger partial charge in [0.25, 0.3) is 5.91 Å². The summed E-state index contributed by atoms with van der Waals surface area (Å²) in [7, 11) is 0. The molecule has 0 atom stereocenters. The van der Waals surface area contributed by atoms with E-state index in [1.54, 1.807) is 30.7 Å². The lowest BCUT2D eigenvalue weighted by Gasteiger charge is -2.17. The van der Waals surface area contributed by atoms with Crippen molar-refractivity contribution in [2.75, 3.05) is 11.9 Å². The zero-order chi connectivity index (χ0) is 17.6. The third kappa shape index (κ3) is 4.89. The maximum atomic E-state index is 12.4. The van der Waals surface area contributed by atoms with Gasteiger partial charge in [-0.3, -0.25) is 4.79 Å². The van der Waals surface area contributed by atoms with E-state index in [1.165, 1.54) is 0 Å². The first-order valence-electron chi connectivity index (χ1n) is 7.74. The number of furan rings is 2. The minimum Gasteiger partial charge on any atom is -0.463 e. The smallest absolute Gasteiger partial charge is 0.279 e. The molecule has 0 saturated carbocycles. The second-order valence-corrected chi connectivity index (χ2v) is 6.37. The zero-order valence-electron chi connectivity index (χ0n) is 13.3. The van der Waals surface area contributed by atoms with Crippen molar-refractivity contribution in [1.82, 2.24) is 0 Å². The van der Waals surface area contributed by atoms with Crippen molar-refractivity contribution in [2.45, 2.75) is 13.1 Å². The van der Waals surface area contributed by atoms with E-state index in [2.05, 4.69) is 5.32 Å². The summed E-state index contributed by atoms with van der Waals surface area (Å²) >= 11 is 12.1. The lowest BCUT2D eigenvalue weighted by atomic mass is 10.3.